The molecule has 12 heavy (non-hydrogen) atoms. The van der Waals surface area contributed by atoms with Crippen molar-refractivity contribution in [1.29, 1.82) is 0 Å². The molecule has 1 aliphatic heterocycles. The van der Waals surface area contributed by atoms with Crippen LogP contribution in [0.4, 0.5) is 0 Å². The maximum absolute atomic E-state index is 8.69. The highest BCUT2D eigenvalue weighted by molar-refractivity contribution is 4.66. The van der Waals surface area contributed by atoms with Crippen LogP contribution in [0.25, 0.3) is 0 Å². The average molecular weight is 173 g/mol. The van der Waals surface area contributed by atoms with E-state index in [4.69, 9.17) is 9.84 Å². The first-order chi connectivity index (χ1) is 5.83. The number of aliphatic hydroxyl groups is 1. The molecule has 0 bridgehead atoms. The zero-order chi connectivity index (χ0) is 8.81. The Balaban J connectivity index is 2.11. The number of hydrogen-bond donors (Lipinski definition) is 1. The highest BCUT2D eigenvalue weighted by Gasteiger charge is 2.15. The third kappa shape index (κ3) is 3.52. The van der Waals surface area contributed by atoms with Gasteiger partial charge in [-0.05, 0) is 25.8 Å². The average Bonchev–Trinajstić information content (AvgIpc) is 2.06. The van der Waals surface area contributed by atoms with Gasteiger partial charge in [0, 0.05) is 19.7 Å². The van der Waals surface area contributed by atoms with Crippen molar-refractivity contribution in [2.75, 3.05) is 40.0 Å². The van der Waals surface area contributed by atoms with Gasteiger partial charge in [0.15, 0.2) is 0 Å². The molecule has 0 saturated carbocycles. The molecule has 0 amide bonds. The normalized spacial score (nSPS) is 24.8. The van der Waals surface area contributed by atoms with Gasteiger partial charge in [0.25, 0.3) is 0 Å². The zero-order valence-electron chi connectivity index (χ0n) is 7.83. The Morgan fingerprint density at radius 3 is 3.00 bits per heavy atom. The SMILES string of the molecule is CN(CCO)CC1CCCOC1. The van der Waals surface area contributed by atoms with E-state index >= 15 is 0 Å². The summed E-state index contributed by atoms with van der Waals surface area (Å²) in [5.41, 5.74) is 0. The summed E-state index contributed by atoms with van der Waals surface area (Å²) in [6.45, 7) is 3.91. The number of hydrogen-bond acceptors (Lipinski definition) is 3. The molecular formula is C9H19NO2. The first-order valence-corrected chi connectivity index (χ1v) is 4.70. The Labute approximate surface area is 74.3 Å². The summed E-state index contributed by atoms with van der Waals surface area (Å²) in [5.74, 6) is 0.676. The summed E-state index contributed by atoms with van der Waals surface area (Å²) in [7, 11) is 2.05. The molecular weight excluding hydrogens is 154 g/mol. The summed E-state index contributed by atoms with van der Waals surface area (Å²) >= 11 is 0. The van der Waals surface area contributed by atoms with Crippen LogP contribution >= 0.6 is 0 Å². The van der Waals surface area contributed by atoms with Crippen LogP contribution in [0.5, 0.6) is 0 Å². The van der Waals surface area contributed by atoms with E-state index in [0.29, 0.717) is 5.92 Å². The fourth-order valence-electron chi connectivity index (χ4n) is 1.65. The Bertz CT molecular complexity index is 113. The lowest BCUT2D eigenvalue weighted by atomic mass is 10.0. The third-order valence-corrected chi connectivity index (χ3v) is 2.31. The first-order valence-electron chi connectivity index (χ1n) is 4.70. The van der Waals surface area contributed by atoms with Crippen LogP contribution in [0, 0.1) is 5.92 Å². The Morgan fingerprint density at radius 2 is 2.42 bits per heavy atom. The number of rotatable bonds is 4. The van der Waals surface area contributed by atoms with Crippen LogP contribution in [0.15, 0.2) is 0 Å². The number of nitrogens with zero attached hydrogens (tertiary/aromatic N) is 1. The molecule has 0 aromatic heterocycles. The molecule has 1 aliphatic rings. The van der Waals surface area contributed by atoms with Crippen LogP contribution < -0.4 is 0 Å². The second kappa shape index (κ2) is 5.51. The Hall–Kier alpha value is -0.120. The van der Waals surface area contributed by atoms with Crippen molar-refractivity contribution < 1.29 is 9.84 Å². The first kappa shape index (κ1) is 9.96. The summed E-state index contributed by atoms with van der Waals surface area (Å²) in [6.07, 6.45) is 2.47. The zero-order valence-corrected chi connectivity index (χ0v) is 7.83. The van der Waals surface area contributed by atoms with Gasteiger partial charge in [0.1, 0.15) is 0 Å². The molecule has 72 valence electrons. The summed E-state index contributed by atoms with van der Waals surface area (Å²) in [6, 6.07) is 0. The summed E-state index contributed by atoms with van der Waals surface area (Å²) in [4.78, 5) is 2.17. The smallest absolute Gasteiger partial charge is 0.0558 e. The monoisotopic (exact) mass is 173 g/mol. The van der Waals surface area contributed by atoms with E-state index < -0.39 is 0 Å². The van der Waals surface area contributed by atoms with Gasteiger partial charge >= 0.3 is 0 Å². The molecule has 1 N–H and O–H groups in total. The van der Waals surface area contributed by atoms with Gasteiger partial charge in [-0.2, -0.15) is 0 Å². The quantitative estimate of drug-likeness (QED) is 0.665. The van der Waals surface area contributed by atoms with Crippen molar-refractivity contribution >= 4 is 0 Å². The van der Waals surface area contributed by atoms with Crippen molar-refractivity contribution in [2.24, 2.45) is 5.92 Å². The fourth-order valence-corrected chi connectivity index (χ4v) is 1.65. The van der Waals surface area contributed by atoms with Gasteiger partial charge in [-0.1, -0.05) is 0 Å². The van der Waals surface area contributed by atoms with E-state index in [1.807, 2.05) is 7.05 Å². The lowest BCUT2D eigenvalue weighted by Crippen LogP contribution is -2.32. The van der Waals surface area contributed by atoms with Gasteiger partial charge in [0.05, 0.1) is 13.2 Å². The van der Waals surface area contributed by atoms with Crippen LogP contribution in [-0.2, 0) is 4.74 Å². The van der Waals surface area contributed by atoms with Gasteiger partial charge in [-0.3, -0.25) is 0 Å². The molecule has 0 aromatic carbocycles. The molecule has 0 aliphatic carbocycles. The Kier molecular flexibility index (Phi) is 4.58. The lowest BCUT2D eigenvalue weighted by Gasteiger charge is -2.26. The van der Waals surface area contributed by atoms with E-state index in [1.165, 1.54) is 12.8 Å². The van der Waals surface area contributed by atoms with E-state index in [-0.39, 0.29) is 6.61 Å². The number of likely N-dealkylation sites (N-methyl/N-ethyl adjacent to an activating group) is 1. The minimum atomic E-state index is 0.254. The maximum atomic E-state index is 8.69. The van der Waals surface area contributed by atoms with Crippen molar-refractivity contribution in [3.8, 4) is 0 Å². The molecule has 1 saturated heterocycles. The van der Waals surface area contributed by atoms with Crippen LogP contribution in [0.3, 0.4) is 0 Å². The molecule has 1 heterocycles. The predicted octanol–water partition coefficient (Wildman–Crippen LogP) is 0.337. The van der Waals surface area contributed by atoms with E-state index in [2.05, 4.69) is 4.90 Å². The molecule has 1 atom stereocenters. The van der Waals surface area contributed by atoms with Gasteiger partial charge in [-0.25, -0.2) is 0 Å². The maximum Gasteiger partial charge on any atom is 0.0558 e. The fraction of sp³-hybridized carbons (Fsp3) is 1.00. The van der Waals surface area contributed by atoms with Crippen molar-refractivity contribution in [3.63, 3.8) is 0 Å². The topological polar surface area (TPSA) is 32.7 Å². The minimum Gasteiger partial charge on any atom is -0.395 e. The van der Waals surface area contributed by atoms with E-state index in [0.717, 1.165) is 26.3 Å². The highest BCUT2D eigenvalue weighted by Crippen LogP contribution is 2.13. The van der Waals surface area contributed by atoms with Crippen LogP contribution in [0.1, 0.15) is 12.8 Å². The predicted molar refractivity (Wildman–Crippen MR) is 48.1 cm³/mol. The largest absolute Gasteiger partial charge is 0.395 e. The molecule has 1 rings (SSSR count). The highest BCUT2D eigenvalue weighted by atomic mass is 16.5. The van der Waals surface area contributed by atoms with Crippen LogP contribution in [-0.4, -0.2) is 50.0 Å². The second-order valence-corrected chi connectivity index (χ2v) is 3.57. The molecule has 0 aromatic rings. The molecule has 0 radical (unpaired) electrons. The second-order valence-electron chi connectivity index (χ2n) is 3.57. The minimum absolute atomic E-state index is 0.254. The molecule has 3 heteroatoms. The van der Waals surface area contributed by atoms with E-state index in [1.54, 1.807) is 0 Å². The van der Waals surface area contributed by atoms with Gasteiger partial charge in [-0.15, -0.1) is 0 Å². The van der Waals surface area contributed by atoms with E-state index in [9.17, 15) is 0 Å². The number of aliphatic hydroxyl groups excluding tert-OH is 1. The third-order valence-electron chi connectivity index (χ3n) is 2.31. The van der Waals surface area contributed by atoms with Gasteiger partial charge < -0.3 is 14.7 Å². The standard InChI is InChI=1S/C9H19NO2/c1-10(4-5-11)7-9-3-2-6-12-8-9/h9,11H,2-8H2,1H3. The lowest BCUT2D eigenvalue weighted by molar-refractivity contribution is 0.0401. The van der Waals surface area contributed by atoms with Gasteiger partial charge in [0.2, 0.25) is 0 Å². The Morgan fingerprint density at radius 1 is 1.58 bits per heavy atom. The number of ether oxygens (including phenoxy) is 1. The molecule has 1 fully saturated rings. The van der Waals surface area contributed by atoms with Crippen molar-refractivity contribution in [2.45, 2.75) is 12.8 Å². The summed E-state index contributed by atoms with van der Waals surface area (Å²) < 4.78 is 5.37. The van der Waals surface area contributed by atoms with Crippen molar-refractivity contribution in [1.82, 2.24) is 4.90 Å². The van der Waals surface area contributed by atoms with Crippen LogP contribution in [0.2, 0.25) is 0 Å². The summed E-state index contributed by atoms with van der Waals surface area (Å²) in [5, 5.41) is 8.69. The molecule has 0 spiro atoms. The molecule has 1 unspecified atom stereocenters. The van der Waals surface area contributed by atoms with Crippen molar-refractivity contribution in [3.05, 3.63) is 0 Å². The molecule has 3 nitrogen and oxygen atoms in total.